The Morgan fingerprint density at radius 1 is 1.10 bits per heavy atom. The predicted octanol–water partition coefficient (Wildman–Crippen LogP) is 4.82. The number of anilines is 1. The summed E-state index contributed by atoms with van der Waals surface area (Å²) in [6.07, 6.45) is 0.947. The number of benzene rings is 2. The van der Waals surface area contributed by atoms with Gasteiger partial charge in [0.1, 0.15) is 5.56 Å². The van der Waals surface area contributed by atoms with Crippen LogP contribution in [0.2, 0.25) is 10.0 Å². The van der Waals surface area contributed by atoms with E-state index < -0.39 is 0 Å². The molecule has 0 aliphatic heterocycles. The molecule has 0 aliphatic rings. The molecule has 3 nitrogen and oxygen atoms in total. The zero-order valence-corrected chi connectivity index (χ0v) is 13.3. The predicted molar refractivity (Wildman–Crippen MR) is 86.8 cm³/mol. The molecule has 0 unspecified atom stereocenters. The summed E-state index contributed by atoms with van der Waals surface area (Å²) in [4.78, 5) is 12.4. The van der Waals surface area contributed by atoms with Crippen LogP contribution in [-0.2, 0) is 6.42 Å². The van der Waals surface area contributed by atoms with Gasteiger partial charge in [0.2, 0.25) is 0 Å². The van der Waals surface area contributed by atoms with Gasteiger partial charge in [-0.15, -0.1) is 0 Å². The number of aryl methyl sites for hydroxylation is 1. The van der Waals surface area contributed by atoms with Crippen molar-refractivity contribution in [2.45, 2.75) is 13.3 Å². The highest BCUT2D eigenvalue weighted by molar-refractivity contribution is 6.37. The van der Waals surface area contributed by atoms with Crippen molar-refractivity contribution in [3.05, 3.63) is 57.6 Å². The number of carbonyl (C=O) groups excluding carboxylic acids is 1. The van der Waals surface area contributed by atoms with E-state index in [1.807, 2.05) is 24.3 Å². The molecular weight excluding hydrogens is 309 g/mol. The van der Waals surface area contributed by atoms with Gasteiger partial charge in [0, 0.05) is 5.69 Å². The van der Waals surface area contributed by atoms with Crippen LogP contribution in [0.4, 0.5) is 5.69 Å². The Morgan fingerprint density at radius 2 is 1.71 bits per heavy atom. The molecule has 0 spiro atoms. The fraction of sp³-hybridized carbons (Fsp3) is 0.188. The molecule has 0 bridgehead atoms. The van der Waals surface area contributed by atoms with E-state index in [-0.39, 0.29) is 17.2 Å². The van der Waals surface area contributed by atoms with Crippen LogP contribution in [-0.4, -0.2) is 13.0 Å². The molecule has 1 N–H and O–H groups in total. The SMILES string of the molecule is CCc1ccc(NC(=O)c2c(Cl)ccc(Cl)c2OC)cc1. The standard InChI is InChI=1S/C16H15Cl2NO2/c1-3-10-4-6-11(7-5-10)19-16(20)14-12(17)8-9-13(18)15(14)21-2/h4-9H,3H2,1-2H3,(H,19,20). The summed E-state index contributed by atoms with van der Waals surface area (Å²) in [7, 11) is 1.45. The highest BCUT2D eigenvalue weighted by Crippen LogP contribution is 2.34. The lowest BCUT2D eigenvalue weighted by Gasteiger charge is -2.12. The Bertz CT molecular complexity index is 654. The monoisotopic (exact) mass is 323 g/mol. The third-order valence-electron chi connectivity index (χ3n) is 3.11. The smallest absolute Gasteiger partial charge is 0.261 e. The Balaban J connectivity index is 2.29. The van der Waals surface area contributed by atoms with E-state index in [1.54, 1.807) is 12.1 Å². The van der Waals surface area contributed by atoms with Gasteiger partial charge in [0.15, 0.2) is 5.75 Å². The number of carbonyl (C=O) groups is 1. The van der Waals surface area contributed by atoms with Crippen LogP contribution in [0.5, 0.6) is 5.75 Å². The largest absolute Gasteiger partial charge is 0.494 e. The van der Waals surface area contributed by atoms with E-state index in [1.165, 1.54) is 12.7 Å². The summed E-state index contributed by atoms with van der Waals surface area (Å²) < 4.78 is 5.18. The van der Waals surface area contributed by atoms with Crippen LogP contribution in [0.3, 0.4) is 0 Å². The van der Waals surface area contributed by atoms with Crippen molar-refractivity contribution in [1.82, 2.24) is 0 Å². The van der Waals surface area contributed by atoms with Crippen molar-refractivity contribution in [3.8, 4) is 5.75 Å². The summed E-state index contributed by atoms with van der Waals surface area (Å²) in [5, 5.41) is 3.42. The summed E-state index contributed by atoms with van der Waals surface area (Å²) in [5.74, 6) is -0.0876. The molecule has 0 saturated heterocycles. The molecule has 2 aromatic rings. The third kappa shape index (κ3) is 3.49. The van der Waals surface area contributed by atoms with Crippen LogP contribution in [0.1, 0.15) is 22.8 Å². The van der Waals surface area contributed by atoms with E-state index in [4.69, 9.17) is 27.9 Å². The second-order valence-corrected chi connectivity index (χ2v) is 5.26. The highest BCUT2D eigenvalue weighted by atomic mass is 35.5. The molecule has 5 heteroatoms. The van der Waals surface area contributed by atoms with Crippen LogP contribution < -0.4 is 10.1 Å². The van der Waals surface area contributed by atoms with Gasteiger partial charge >= 0.3 is 0 Å². The number of nitrogens with one attached hydrogen (secondary N) is 1. The lowest BCUT2D eigenvalue weighted by atomic mass is 10.1. The molecule has 0 radical (unpaired) electrons. The van der Waals surface area contributed by atoms with Gasteiger partial charge in [-0.05, 0) is 36.2 Å². The zero-order chi connectivity index (χ0) is 15.4. The maximum atomic E-state index is 12.4. The molecule has 0 atom stereocenters. The topological polar surface area (TPSA) is 38.3 Å². The van der Waals surface area contributed by atoms with Gasteiger partial charge in [-0.3, -0.25) is 4.79 Å². The Labute approximate surface area is 133 Å². The number of rotatable bonds is 4. The average Bonchev–Trinajstić information content (AvgIpc) is 2.49. The van der Waals surface area contributed by atoms with Crippen molar-refractivity contribution in [2.75, 3.05) is 12.4 Å². The summed E-state index contributed by atoms with van der Waals surface area (Å²) in [6, 6.07) is 10.8. The molecule has 2 rings (SSSR count). The first-order chi connectivity index (χ1) is 10.1. The van der Waals surface area contributed by atoms with Gasteiger partial charge in [-0.25, -0.2) is 0 Å². The van der Waals surface area contributed by atoms with Crippen molar-refractivity contribution in [3.63, 3.8) is 0 Å². The minimum absolute atomic E-state index is 0.228. The zero-order valence-electron chi connectivity index (χ0n) is 11.7. The fourth-order valence-electron chi connectivity index (χ4n) is 1.96. The number of ether oxygens (including phenoxy) is 1. The van der Waals surface area contributed by atoms with Crippen LogP contribution in [0, 0.1) is 0 Å². The maximum absolute atomic E-state index is 12.4. The molecule has 0 saturated carbocycles. The van der Waals surface area contributed by atoms with E-state index in [0.717, 1.165) is 6.42 Å². The minimum Gasteiger partial charge on any atom is -0.494 e. The van der Waals surface area contributed by atoms with E-state index in [9.17, 15) is 4.79 Å². The lowest BCUT2D eigenvalue weighted by Crippen LogP contribution is -2.14. The summed E-state index contributed by atoms with van der Waals surface area (Å²) >= 11 is 12.1. The molecule has 21 heavy (non-hydrogen) atoms. The normalized spacial score (nSPS) is 10.3. The van der Waals surface area contributed by atoms with Crippen molar-refractivity contribution in [2.24, 2.45) is 0 Å². The lowest BCUT2D eigenvalue weighted by molar-refractivity contribution is 0.102. The first-order valence-electron chi connectivity index (χ1n) is 6.49. The maximum Gasteiger partial charge on any atom is 0.261 e. The van der Waals surface area contributed by atoms with Gasteiger partial charge in [-0.2, -0.15) is 0 Å². The number of hydrogen-bond acceptors (Lipinski definition) is 2. The number of methoxy groups -OCH3 is 1. The van der Waals surface area contributed by atoms with Gasteiger partial charge in [0.05, 0.1) is 17.2 Å². The van der Waals surface area contributed by atoms with Crippen LogP contribution in [0.25, 0.3) is 0 Å². The van der Waals surface area contributed by atoms with Gasteiger partial charge < -0.3 is 10.1 Å². The van der Waals surface area contributed by atoms with Gasteiger partial charge in [-0.1, -0.05) is 42.3 Å². The second-order valence-electron chi connectivity index (χ2n) is 4.44. The molecule has 0 fully saturated rings. The Hall–Kier alpha value is -1.71. The number of hydrogen-bond donors (Lipinski definition) is 1. The van der Waals surface area contributed by atoms with Crippen LogP contribution >= 0.6 is 23.2 Å². The number of halogens is 2. The van der Waals surface area contributed by atoms with E-state index in [0.29, 0.717) is 15.7 Å². The highest BCUT2D eigenvalue weighted by Gasteiger charge is 2.19. The average molecular weight is 324 g/mol. The summed E-state index contributed by atoms with van der Waals surface area (Å²) in [5.41, 5.74) is 2.12. The number of amides is 1. The van der Waals surface area contributed by atoms with Gasteiger partial charge in [0.25, 0.3) is 5.91 Å². The Morgan fingerprint density at radius 3 is 2.29 bits per heavy atom. The third-order valence-corrected chi connectivity index (χ3v) is 3.72. The molecule has 2 aromatic carbocycles. The Kier molecular flexibility index (Phi) is 5.10. The van der Waals surface area contributed by atoms with Crippen molar-refractivity contribution >= 4 is 34.8 Å². The minimum atomic E-state index is -0.358. The van der Waals surface area contributed by atoms with Crippen molar-refractivity contribution < 1.29 is 9.53 Å². The molecule has 1 amide bonds. The molecule has 0 heterocycles. The van der Waals surface area contributed by atoms with E-state index >= 15 is 0 Å². The van der Waals surface area contributed by atoms with Crippen LogP contribution in [0.15, 0.2) is 36.4 Å². The molecule has 0 aromatic heterocycles. The molecule has 0 aliphatic carbocycles. The first kappa shape index (κ1) is 15.7. The second kappa shape index (κ2) is 6.83. The summed E-state index contributed by atoms with van der Waals surface area (Å²) in [6.45, 7) is 2.07. The first-order valence-corrected chi connectivity index (χ1v) is 7.24. The van der Waals surface area contributed by atoms with E-state index in [2.05, 4.69) is 12.2 Å². The molecular formula is C16H15Cl2NO2. The molecule has 110 valence electrons. The van der Waals surface area contributed by atoms with Crippen molar-refractivity contribution in [1.29, 1.82) is 0 Å². The fourth-order valence-corrected chi connectivity index (χ4v) is 2.43. The quantitative estimate of drug-likeness (QED) is 0.876.